The molecule has 1 aromatic heterocycles. The van der Waals surface area contributed by atoms with Gasteiger partial charge < -0.3 is 14.8 Å². The highest BCUT2D eigenvalue weighted by Crippen LogP contribution is 2.17. The summed E-state index contributed by atoms with van der Waals surface area (Å²) < 4.78 is 2.15. The minimum atomic E-state index is -0.745. The normalized spacial score (nSPS) is 12.8. The predicted octanol–water partition coefficient (Wildman–Crippen LogP) is 3.99. The highest BCUT2D eigenvalue weighted by atomic mass is 16.4. The second-order valence-corrected chi connectivity index (χ2v) is 6.01. The summed E-state index contributed by atoms with van der Waals surface area (Å²) in [6.45, 7) is 4.40. The lowest BCUT2D eigenvalue weighted by Gasteiger charge is -2.20. The number of aliphatic hydroxyl groups is 1. The van der Waals surface area contributed by atoms with E-state index in [0.717, 1.165) is 25.8 Å². The van der Waals surface area contributed by atoms with Crippen LogP contribution in [0.2, 0.25) is 0 Å². The van der Waals surface area contributed by atoms with Crippen LogP contribution >= 0.6 is 0 Å². The van der Waals surface area contributed by atoms with E-state index in [0.29, 0.717) is 5.92 Å². The zero-order chi connectivity index (χ0) is 17.8. The number of aromatic nitrogens is 1. The van der Waals surface area contributed by atoms with Crippen LogP contribution in [0.1, 0.15) is 38.7 Å². The van der Waals surface area contributed by atoms with Crippen LogP contribution in [0.4, 0.5) is 0 Å². The fraction of sp³-hybridized carbons (Fsp3) is 0.450. The van der Waals surface area contributed by atoms with Crippen LogP contribution in [0.5, 0.6) is 0 Å². The van der Waals surface area contributed by atoms with Crippen molar-refractivity contribution in [1.29, 1.82) is 0 Å². The van der Waals surface area contributed by atoms with Gasteiger partial charge in [0, 0.05) is 31.3 Å². The smallest absolute Gasteiger partial charge is 0.303 e. The van der Waals surface area contributed by atoms with Gasteiger partial charge in [0.05, 0.1) is 6.10 Å². The van der Waals surface area contributed by atoms with Crippen molar-refractivity contribution in [3.8, 4) is 0 Å². The van der Waals surface area contributed by atoms with Gasteiger partial charge in [-0.25, -0.2) is 0 Å². The minimum Gasteiger partial charge on any atom is -0.481 e. The Morgan fingerprint density at radius 2 is 1.71 bits per heavy atom. The Labute approximate surface area is 144 Å². The van der Waals surface area contributed by atoms with Crippen LogP contribution in [-0.2, 0) is 17.8 Å². The third-order valence-electron chi connectivity index (χ3n) is 3.98. The monoisotopic (exact) mass is 331 g/mol. The second-order valence-electron chi connectivity index (χ2n) is 6.01. The van der Waals surface area contributed by atoms with Crippen molar-refractivity contribution in [2.24, 2.45) is 5.92 Å². The van der Waals surface area contributed by atoms with Crippen molar-refractivity contribution in [3.05, 3.63) is 60.4 Å². The van der Waals surface area contributed by atoms with Gasteiger partial charge in [-0.3, -0.25) is 4.79 Å². The molecule has 24 heavy (non-hydrogen) atoms. The molecule has 0 aliphatic heterocycles. The van der Waals surface area contributed by atoms with Crippen molar-refractivity contribution in [3.63, 3.8) is 0 Å². The van der Waals surface area contributed by atoms with Gasteiger partial charge in [0.1, 0.15) is 0 Å². The van der Waals surface area contributed by atoms with Gasteiger partial charge in [-0.1, -0.05) is 37.3 Å². The number of carboxylic acid groups (broad SMARTS) is 1. The van der Waals surface area contributed by atoms with Crippen LogP contribution in [0.25, 0.3) is 0 Å². The van der Waals surface area contributed by atoms with Gasteiger partial charge in [-0.05, 0) is 43.9 Å². The maximum Gasteiger partial charge on any atom is 0.303 e. The Morgan fingerprint density at radius 3 is 2.21 bits per heavy atom. The largest absolute Gasteiger partial charge is 0.481 e. The van der Waals surface area contributed by atoms with E-state index in [4.69, 9.17) is 5.11 Å². The number of rotatable bonds is 8. The van der Waals surface area contributed by atoms with E-state index in [1.807, 2.05) is 25.1 Å². The standard InChI is InChI=1S/C17H23NO.C3H6O2/c1-15(19)17(14-18-12-5-6-13-18)11-7-10-16-8-3-2-4-9-16;1-2-3(4)5/h2-6,8-9,12-13,15,17,19H,7,10-11,14H2,1H3;2H2,1H3,(H,4,5)/t15-,17+;/m1./s1. The Hall–Kier alpha value is -2.07. The predicted molar refractivity (Wildman–Crippen MR) is 96.9 cm³/mol. The molecule has 2 rings (SSSR count). The number of benzene rings is 1. The van der Waals surface area contributed by atoms with Gasteiger partial charge in [-0.2, -0.15) is 0 Å². The van der Waals surface area contributed by atoms with Gasteiger partial charge in [0.25, 0.3) is 0 Å². The maximum absolute atomic E-state index is 9.89. The molecule has 4 heteroatoms. The lowest BCUT2D eigenvalue weighted by Crippen LogP contribution is -2.22. The molecule has 0 amide bonds. The summed E-state index contributed by atoms with van der Waals surface area (Å²) in [7, 11) is 0. The summed E-state index contributed by atoms with van der Waals surface area (Å²) >= 11 is 0. The molecular formula is C20H29NO3. The first-order valence-corrected chi connectivity index (χ1v) is 8.57. The van der Waals surface area contributed by atoms with Gasteiger partial charge in [0.15, 0.2) is 0 Å². The third-order valence-corrected chi connectivity index (χ3v) is 3.98. The first kappa shape index (κ1) is 20.0. The van der Waals surface area contributed by atoms with E-state index in [-0.39, 0.29) is 12.5 Å². The summed E-state index contributed by atoms with van der Waals surface area (Å²) in [6, 6.07) is 14.6. The molecule has 0 saturated carbocycles. The molecule has 0 unspecified atom stereocenters. The molecule has 0 aliphatic carbocycles. The Kier molecular flexibility index (Phi) is 9.54. The third kappa shape index (κ3) is 8.53. The van der Waals surface area contributed by atoms with Gasteiger partial charge >= 0.3 is 5.97 Å². The highest BCUT2D eigenvalue weighted by Gasteiger charge is 2.15. The molecule has 0 fully saturated rings. The van der Waals surface area contributed by atoms with Gasteiger partial charge in [0.2, 0.25) is 0 Å². The Bertz CT molecular complexity index is 550. The summed E-state index contributed by atoms with van der Waals surface area (Å²) in [5.74, 6) is -0.416. The first-order chi connectivity index (χ1) is 11.5. The topological polar surface area (TPSA) is 62.5 Å². The quantitative estimate of drug-likeness (QED) is 0.769. The van der Waals surface area contributed by atoms with E-state index in [1.54, 1.807) is 6.92 Å². The molecule has 0 aliphatic rings. The maximum atomic E-state index is 9.89. The van der Waals surface area contributed by atoms with Crippen molar-refractivity contribution in [2.45, 2.75) is 52.2 Å². The minimum absolute atomic E-state index is 0.222. The SMILES string of the molecule is CCC(=O)O.C[C@@H](O)[C@@H](CCCc1ccccc1)Cn1cccc1. The fourth-order valence-electron chi connectivity index (χ4n) is 2.46. The summed E-state index contributed by atoms with van der Waals surface area (Å²) in [5.41, 5.74) is 1.38. The molecule has 0 spiro atoms. The van der Waals surface area contributed by atoms with E-state index < -0.39 is 5.97 Å². The molecule has 4 nitrogen and oxygen atoms in total. The Balaban J connectivity index is 0.000000505. The van der Waals surface area contributed by atoms with Crippen LogP contribution in [0.3, 0.4) is 0 Å². The number of aryl methyl sites for hydroxylation is 1. The number of aliphatic carboxylic acids is 1. The van der Waals surface area contributed by atoms with E-state index in [1.165, 1.54) is 5.56 Å². The lowest BCUT2D eigenvalue weighted by atomic mass is 9.95. The average molecular weight is 331 g/mol. The van der Waals surface area contributed by atoms with Crippen LogP contribution in [-0.4, -0.2) is 26.9 Å². The fourth-order valence-corrected chi connectivity index (χ4v) is 2.46. The number of nitrogens with zero attached hydrogens (tertiary/aromatic N) is 1. The zero-order valence-electron chi connectivity index (χ0n) is 14.6. The highest BCUT2D eigenvalue weighted by molar-refractivity contribution is 5.66. The number of carbonyl (C=O) groups is 1. The van der Waals surface area contributed by atoms with Crippen molar-refractivity contribution in [2.75, 3.05) is 0 Å². The molecule has 2 aromatic rings. The second kappa shape index (κ2) is 11.5. The number of hydrogen-bond acceptors (Lipinski definition) is 2. The summed E-state index contributed by atoms with van der Waals surface area (Å²) in [4.78, 5) is 9.37. The average Bonchev–Trinajstić information content (AvgIpc) is 3.08. The van der Waals surface area contributed by atoms with Crippen molar-refractivity contribution >= 4 is 5.97 Å². The van der Waals surface area contributed by atoms with E-state index in [2.05, 4.69) is 41.2 Å². The molecule has 2 N–H and O–H groups in total. The van der Waals surface area contributed by atoms with E-state index in [9.17, 15) is 9.90 Å². The van der Waals surface area contributed by atoms with Crippen molar-refractivity contribution < 1.29 is 15.0 Å². The molecule has 132 valence electrons. The molecule has 1 heterocycles. The Morgan fingerprint density at radius 1 is 1.12 bits per heavy atom. The number of carboxylic acids is 1. The lowest BCUT2D eigenvalue weighted by molar-refractivity contribution is -0.136. The summed E-state index contributed by atoms with van der Waals surface area (Å²) in [6.07, 6.45) is 7.37. The van der Waals surface area contributed by atoms with E-state index >= 15 is 0 Å². The molecule has 0 bridgehead atoms. The molecule has 0 radical (unpaired) electrons. The molecule has 1 aromatic carbocycles. The molecular weight excluding hydrogens is 302 g/mol. The van der Waals surface area contributed by atoms with Gasteiger partial charge in [-0.15, -0.1) is 0 Å². The number of aliphatic hydroxyl groups excluding tert-OH is 1. The van der Waals surface area contributed by atoms with Crippen LogP contribution in [0, 0.1) is 5.92 Å². The number of hydrogen-bond donors (Lipinski definition) is 2. The molecule has 2 atom stereocenters. The summed E-state index contributed by atoms with van der Waals surface area (Å²) in [5, 5.41) is 17.6. The van der Waals surface area contributed by atoms with Crippen LogP contribution in [0.15, 0.2) is 54.9 Å². The molecule has 0 saturated heterocycles. The van der Waals surface area contributed by atoms with Crippen LogP contribution < -0.4 is 0 Å². The zero-order valence-corrected chi connectivity index (χ0v) is 14.6. The van der Waals surface area contributed by atoms with Crippen molar-refractivity contribution in [1.82, 2.24) is 4.57 Å². The first-order valence-electron chi connectivity index (χ1n) is 8.57.